The lowest BCUT2D eigenvalue weighted by Crippen LogP contribution is -2.12. The number of hydrogen-bond acceptors (Lipinski definition) is 7. The van der Waals surface area contributed by atoms with Crippen LogP contribution in [0.4, 0.5) is 5.69 Å². The highest BCUT2D eigenvalue weighted by Crippen LogP contribution is 2.36. The van der Waals surface area contributed by atoms with Gasteiger partial charge in [0.1, 0.15) is 6.61 Å². The maximum atomic E-state index is 12.7. The van der Waals surface area contributed by atoms with Crippen LogP contribution in [0.15, 0.2) is 60.7 Å². The zero-order chi connectivity index (χ0) is 25.8. The van der Waals surface area contributed by atoms with Gasteiger partial charge in [-0.15, -0.1) is 5.10 Å². The molecule has 0 unspecified atom stereocenters. The maximum absolute atomic E-state index is 12.7. The standard InChI is InChI=1S/C26H22Cl2N4O5/c1-2-34-11-12-35-26-30-24(16-3-10-22-23(13-16)37-15-36-22)32(31-26)19-7-5-18(6-8-19)29-25(33)20-9-4-17(27)14-21(20)28/h3-10,13-14H,2,11-12,15H2,1H3,(H,29,33). The average molecular weight is 541 g/mol. The SMILES string of the molecule is CCOCCOc1nc(-c2ccc3c(c2)OCO3)n(-c2ccc(NC(=O)c3ccc(Cl)cc3Cl)cc2)n1. The maximum Gasteiger partial charge on any atom is 0.336 e. The number of amides is 1. The topological polar surface area (TPSA) is 96.7 Å². The van der Waals surface area contributed by atoms with E-state index >= 15 is 0 Å². The van der Waals surface area contributed by atoms with Gasteiger partial charge in [-0.3, -0.25) is 4.79 Å². The molecule has 0 fully saturated rings. The molecule has 1 aromatic heterocycles. The van der Waals surface area contributed by atoms with Crippen LogP contribution in [0.3, 0.4) is 0 Å². The molecule has 1 aliphatic rings. The van der Waals surface area contributed by atoms with Crippen molar-refractivity contribution < 1.29 is 23.7 Å². The summed E-state index contributed by atoms with van der Waals surface area (Å²) >= 11 is 12.1. The first-order valence-corrected chi connectivity index (χ1v) is 12.2. The summed E-state index contributed by atoms with van der Waals surface area (Å²) in [4.78, 5) is 17.3. The summed E-state index contributed by atoms with van der Waals surface area (Å²) in [5.41, 5.74) is 2.39. The van der Waals surface area contributed by atoms with Crippen LogP contribution in [0.2, 0.25) is 10.0 Å². The second-order valence-electron chi connectivity index (χ2n) is 7.87. The van der Waals surface area contributed by atoms with Gasteiger partial charge < -0.3 is 24.3 Å². The number of rotatable bonds is 9. The lowest BCUT2D eigenvalue weighted by molar-refractivity contribution is 0.102. The number of anilines is 1. The van der Waals surface area contributed by atoms with Crippen molar-refractivity contribution in [1.29, 1.82) is 0 Å². The Morgan fingerprint density at radius 2 is 1.84 bits per heavy atom. The zero-order valence-electron chi connectivity index (χ0n) is 19.7. The lowest BCUT2D eigenvalue weighted by Gasteiger charge is -2.09. The molecule has 4 aromatic rings. The van der Waals surface area contributed by atoms with E-state index in [1.807, 2.05) is 37.3 Å². The minimum absolute atomic E-state index is 0.172. The van der Waals surface area contributed by atoms with Crippen LogP contribution in [-0.2, 0) is 4.74 Å². The third-order valence-corrected chi connectivity index (χ3v) is 5.97. The molecule has 1 N–H and O–H groups in total. The van der Waals surface area contributed by atoms with Gasteiger partial charge in [0, 0.05) is 22.9 Å². The van der Waals surface area contributed by atoms with Crippen molar-refractivity contribution in [2.75, 3.05) is 31.9 Å². The summed E-state index contributed by atoms with van der Waals surface area (Å²) in [6.07, 6.45) is 0. The van der Waals surface area contributed by atoms with Gasteiger partial charge in [0.2, 0.25) is 6.79 Å². The molecule has 0 spiro atoms. The predicted molar refractivity (Wildman–Crippen MR) is 139 cm³/mol. The largest absolute Gasteiger partial charge is 0.460 e. The Labute approximate surface area is 222 Å². The van der Waals surface area contributed by atoms with Crippen molar-refractivity contribution in [2.45, 2.75) is 6.92 Å². The summed E-state index contributed by atoms with van der Waals surface area (Å²) in [6, 6.07) is 17.6. The Morgan fingerprint density at radius 3 is 2.62 bits per heavy atom. The van der Waals surface area contributed by atoms with Gasteiger partial charge in [0.05, 0.1) is 22.9 Å². The molecule has 0 radical (unpaired) electrons. The van der Waals surface area contributed by atoms with E-state index in [4.69, 9.17) is 42.1 Å². The van der Waals surface area contributed by atoms with Gasteiger partial charge in [-0.25, -0.2) is 4.68 Å². The molecular weight excluding hydrogens is 519 g/mol. The number of carbonyl (C=O) groups excluding carboxylic acids is 1. The van der Waals surface area contributed by atoms with Crippen molar-refractivity contribution in [3.05, 3.63) is 76.3 Å². The van der Waals surface area contributed by atoms with Crippen LogP contribution >= 0.6 is 23.2 Å². The molecule has 11 heteroatoms. The molecule has 3 aromatic carbocycles. The highest BCUT2D eigenvalue weighted by Gasteiger charge is 2.20. The van der Waals surface area contributed by atoms with Crippen LogP contribution < -0.4 is 19.5 Å². The van der Waals surface area contributed by atoms with E-state index in [0.29, 0.717) is 59.1 Å². The number of aromatic nitrogens is 3. The molecule has 190 valence electrons. The number of ether oxygens (including phenoxy) is 4. The lowest BCUT2D eigenvalue weighted by atomic mass is 10.2. The fourth-order valence-electron chi connectivity index (χ4n) is 3.65. The van der Waals surface area contributed by atoms with E-state index in [0.717, 1.165) is 5.56 Å². The van der Waals surface area contributed by atoms with Gasteiger partial charge in [0.25, 0.3) is 5.91 Å². The molecule has 2 heterocycles. The van der Waals surface area contributed by atoms with Crippen molar-refractivity contribution in [2.24, 2.45) is 0 Å². The van der Waals surface area contributed by atoms with Crippen LogP contribution in [0.1, 0.15) is 17.3 Å². The Bertz CT molecular complexity index is 1430. The number of benzene rings is 3. The Morgan fingerprint density at radius 1 is 1.03 bits per heavy atom. The fraction of sp³-hybridized carbons (Fsp3) is 0.192. The number of nitrogens with zero attached hydrogens (tertiary/aromatic N) is 3. The first-order valence-electron chi connectivity index (χ1n) is 11.5. The molecule has 5 rings (SSSR count). The fourth-order valence-corrected chi connectivity index (χ4v) is 4.15. The monoisotopic (exact) mass is 540 g/mol. The zero-order valence-corrected chi connectivity index (χ0v) is 21.3. The molecule has 0 saturated carbocycles. The smallest absolute Gasteiger partial charge is 0.336 e. The van der Waals surface area contributed by atoms with Gasteiger partial charge in [-0.2, -0.15) is 4.98 Å². The normalized spacial score (nSPS) is 12.0. The summed E-state index contributed by atoms with van der Waals surface area (Å²) in [6.45, 7) is 3.43. The van der Waals surface area contributed by atoms with Crippen molar-refractivity contribution in [3.63, 3.8) is 0 Å². The molecule has 0 atom stereocenters. The van der Waals surface area contributed by atoms with Gasteiger partial charge in [0.15, 0.2) is 17.3 Å². The molecule has 0 saturated heterocycles. The van der Waals surface area contributed by atoms with Crippen molar-refractivity contribution in [1.82, 2.24) is 14.8 Å². The van der Waals surface area contributed by atoms with Crippen molar-refractivity contribution >= 4 is 34.8 Å². The molecule has 1 aliphatic heterocycles. The summed E-state index contributed by atoms with van der Waals surface area (Å²) in [7, 11) is 0. The van der Waals surface area contributed by atoms with E-state index in [-0.39, 0.29) is 23.7 Å². The molecule has 0 aliphatic carbocycles. The second-order valence-corrected chi connectivity index (χ2v) is 8.71. The van der Waals surface area contributed by atoms with Crippen LogP contribution in [0.25, 0.3) is 17.1 Å². The van der Waals surface area contributed by atoms with E-state index in [1.54, 1.807) is 28.9 Å². The summed E-state index contributed by atoms with van der Waals surface area (Å²) in [5.74, 6) is 1.50. The molecule has 0 bridgehead atoms. The first-order chi connectivity index (χ1) is 18.0. The number of carbonyl (C=O) groups is 1. The molecular formula is C26H22Cl2N4O5. The van der Waals surface area contributed by atoms with Crippen LogP contribution in [0.5, 0.6) is 17.5 Å². The molecule has 37 heavy (non-hydrogen) atoms. The highest BCUT2D eigenvalue weighted by atomic mass is 35.5. The molecule has 9 nitrogen and oxygen atoms in total. The van der Waals surface area contributed by atoms with E-state index in [1.165, 1.54) is 6.07 Å². The average Bonchev–Trinajstić information content (AvgIpc) is 3.54. The van der Waals surface area contributed by atoms with E-state index in [2.05, 4.69) is 15.4 Å². The third kappa shape index (κ3) is 5.64. The van der Waals surface area contributed by atoms with E-state index in [9.17, 15) is 4.79 Å². The Hall–Kier alpha value is -3.79. The van der Waals surface area contributed by atoms with E-state index < -0.39 is 0 Å². The van der Waals surface area contributed by atoms with Crippen molar-refractivity contribution in [3.8, 4) is 34.6 Å². The predicted octanol–water partition coefficient (Wildman–Crippen LogP) is 5.64. The number of nitrogens with one attached hydrogen (secondary N) is 1. The van der Waals surface area contributed by atoms with Gasteiger partial charge in [-0.05, 0) is 67.6 Å². The number of fused-ring (bicyclic) bond motifs is 1. The van der Waals surface area contributed by atoms with Crippen LogP contribution in [-0.4, -0.2) is 47.3 Å². The molecule has 1 amide bonds. The Kier molecular flexibility index (Phi) is 7.45. The first kappa shape index (κ1) is 24.9. The minimum Gasteiger partial charge on any atom is -0.460 e. The van der Waals surface area contributed by atoms with Crippen LogP contribution in [0, 0.1) is 0 Å². The number of halogens is 2. The minimum atomic E-state index is -0.346. The summed E-state index contributed by atoms with van der Waals surface area (Å²) < 4.78 is 23.7. The highest BCUT2D eigenvalue weighted by molar-refractivity contribution is 6.37. The summed E-state index contributed by atoms with van der Waals surface area (Å²) in [5, 5.41) is 8.11. The number of hydrogen-bond donors (Lipinski definition) is 1. The second kappa shape index (κ2) is 11.1. The third-order valence-electron chi connectivity index (χ3n) is 5.43. The van der Waals surface area contributed by atoms with Gasteiger partial charge in [-0.1, -0.05) is 23.2 Å². The van der Waals surface area contributed by atoms with Gasteiger partial charge >= 0.3 is 6.01 Å². The Balaban J connectivity index is 1.40. The quantitative estimate of drug-likeness (QED) is 0.274.